The molecule has 0 amide bonds. The van der Waals surface area contributed by atoms with Crippen LogP contribution < -0.4 is 9.46 Å². The number of fused-ring (bicyclic) bond motifs is 1. The van der Waals surface area contributed by atoms with Crippen molar-refractivity contribution in [2.24, 2.45) is 0 Å². The lowest BCUT2D eigenvalue weighted by Crippen LogP contribution is -2.30. The van der Waals surface area contributed by atoms with E-state index in [1.54, 1.807) is 13.8 Å². The summed E-state index contributed by atoms with van der Waals surface area (Å²) in [5.74, 6) is 2.44. The highest BCUT2D eigenvalue weighted by Crippen LogP contribution is 2.22. The number of H-pyrrole nitrogens is 1. The van der Waals surface area contributed by atoms with Crippen LogP contribution in [0.25, 0.3) is 11.0 Å². The van der Waals surface area contributed by atoms with Crippen LogP contribution >= 0.6 is 0 Å². The van der Waals surface area contributed by atoms with Crippen molar-refractivity contribution in [2.45, 2.75) is 32.1 Å². The predicted molar refractivity (Wildman–Crippen MR) is 123 cm³/mol. The zero-order valence-corrected chi connectivity index (χ0v) is 18.3. The fraction of sp³-hybridized carbons (Fsp3) is 0.208. The van der Waals surface area contributed by atoms with E-state index in [1.165, 1.54) is 0 Å². The minimum absolute atomic E-state index is 0.258. The van der Waals surface area contributed by atoms with E-state index in [9.17, 15) is 8.42 Å². The highest BCUT2D eigenvalue weighted by molar-refractivity contribution is 7.90. The molecule has 0 saturated carbocycles. The monoisotopic (exact) mass is 435 g/mol. The Morgan fingerprint density at radius 2 is 1.61 bits per heavy atom. The first-order valence-electron chi connectivity index (χ1n) is 10.2. The Hall–Kier alpha value is -3.16. The molecule has 31 heavy (non-hydrogen) atoms. The number of rotatable bonds is 8. The van der Waals surface area contributed by atoms with E-state index in [4.69, 9.17) is 4.74 Å². The fourth-order valence-electron chi connectivity index (χ4n) is 3.15. The maximum atomic E-state index is 12.0. The van der Waals surface area contributed by atoms with Crippen molar-refractivity contribution in [1.29, 1.82) is 0 Å². The SMILES string of the molecule is CC(C)S(=O)(=O)NCc1ccc2nc(Cc3ccc(Oc4ccccc4)cc3)[nH]c2c1. The van der Waals surface area contributed by atoms with Gasteiger partial charge in [0.25, 0.3) is 0 Å². The zero-order chi connectivity index (χ0) is 21.8. The fourth-order valence-corrected chi connectivity index (χ4v) is 3.85. The molecule has 0 fully saturated rings. The number of nitrogens with one attached hydrogen (secondary N) is 2. The van der Waals surface area contributed by atoms with Gasteiger partial charge in [-0.3, -0.25) is 0 Å². The molecule has 0 aliphatic carbocycles. The molecular weight excluding hydrogens is 410 g/mol. The van der Waals surface area contributed by atoms with Gasteiger partial charge in [-0.05, 0) is 61.4 Å². The average molecular weight is 436 g/mol. The van der Waals surface area contributed by atoms with Gasteiger partial charge in [-0.1, -0.05) is 36.4 Å². The maximum Gasteiger partial charge on any atom is 0.214 e. The minimum Gasteiger partial charge on any atom is -0.457 e. The lowest BCUT2D eigenvalue weighted by atomic mass is 10.1. The number of aromatic nitrogens is 2. The second kappa shape index (κ2) is 8.91. The molecule has 2 N–H and O–H groups in total. The van der Waals surface area contributed by atoms with Gasteiger partial charge in [-0.2, -0.15) is 0 Å². The standard InChI is InChI=1S/C24H25N3O3S/c1-17(2)31(28,29)25-16-19-10-13-22-23(14-19)27-24(26-22)15-18-8-11-21(12-9-18)30-20-6-4-3-5-7-20/h3-14,17,25H,15-16H2,1-2H3,(H,26,27). The minimum atomic E-state index is -3.29. The van der Waals surface area contributed by atoms with E-state index in [1.807, 2.05) is 72.8 Å². The van der Waals surface area contributed by atoms with E-state index in [2.05, 4.69) is 14.7 Å². The van der Waals surface area contributed by atoms with E-state index < -0.39 is 15.3 Å². The number of para-hydroxylation sites is 1. The van der Waals surface area contributed by atoms with E-state index >= 15 is 0 Å². The quantitative estimate of drug-likeness (QED) is 0.417. The number of sulfonamides is 1. The molecule has 0 spiro atoms. The van der Waals surface area contributed by atoms with Gasteiger partial charge in [0.1, 0.15) is 17.3 Å². The number of nitrogens with zero attached hydrogens (tertiary/aromatic N) is 1. The molecule has 0 atom stereocenters. The molecule has 0 aliphatic heterocycles. The summed E-state index contributed by atoms with van der Waals surface area (Å²) in [5, 5.41) is -0.459. The van der Waals surface area contributed by atoms with Gasteiger partial charge in [0.15, 0.2) is 0 Å². The highest BCUT2D eigenvalue weighted by Gasteiger charge is 2.15. The van der Waals surface area contributed by atoms with Gasteiger partial charge >= 0.3 is 0 Å². The van der Waals surface area contributed by atoms with Crippen molar-refractivity contribution >= 4 is 21.1 Å². The summed E-state index contributed by atoms with van der Waals surface area (Å²) in [4.78, 5) is 7.99. The molecule has 0 radical (unpaired) electrons. The molecule has 4 aromatic rings. The summed E-state index contributed by atoms with van der Waals surface area (Å²) in [7, 11) is -3.29. The molecule has 0 aliphatic rings. The Morgan fingerprint density at radius 1 is 0.935 bits per heavy atom. The smallest absolute Gasteiger partial charge is 0.214 e. The van der Waals surface area contributed by atoms with Gasteiger partial charge in [-0.15, -0.1) is 0 Å². The first-order valence-corrected chi connectivity index (χ1v) is 11.7. The van der Waals surface area contributed by atoms with Gasteiger partial charge in [0.05, 0.1) is 16.3 Å². The zero-order valence-electron chi connectivity index (χ0n) is 17.5. The predicted octanol–water partition coefficient (Wildman–Crippen LogP) is 4.77. The third-order valence-corrected chi connectivity index (χ3v) is 6.76. The molecule has 0 bridgehead atoms. The first kappa shape index (κ1) is 21.1. The van der Waals surface area contributed by atoms with Crippen molar-refractivity contribution in [3.8, 4) is 11.5 Å². The molecule has 0 unspecified atom stereocenters. The molecule has 1 aromatic heterocycles. The molecule has 160 valence electrons. The Bertz CT molecular complexity index is 1260. The Kier molecular flexibility index (Phi) is 6.06. The summed E-state index contributed by atoms with van der Waals surface area (Å²) in [6.45, 7) is 3.58. The largest absolute Gasteiger partial charge is 0.457 e. The molecule has 1 heterocycles. The number of hydrogen-bond acceptors (Lipinski definition) is 4. The van der Waals surface area contributed by atoms with Crippen LogP contribution in [0.4, 0.5) is 0 Å². The molecule has 4 rings (SSSR count). The Labute approximate surface area is 182 Å². The number of aromatic amines is 1. The van der Waals surface area contributed by atoms with Crippen LogP contribution in [-0.2, 0) is 23.0 Å². The van der Waals surface area contributed by atoms with Gasteiger partial charge in [0.2, 0.25) is 10.0 Å². The maximum absolute atomic E-state index is 12.0. The molecule has 3 aromatic carbocycles. The van der Waals surface area contributed by atoms with E-state index in [-0.39, 0.29) is 6.54 Å². The average Bonchev–Trinajstić information content (AvgIpc) is 3.16. The van der Waals surface area contributed by atoms with E-state index in [0.717, 1.165) is 39.5 Å². The number of ether oxygens (including phenoxy) is 1. The van der Waals surface area contributed by atoms with Crippen LogP contribution in [-0.4, -0.2) is 23.6 Å². The Balaban J connectivity index is 1.43. The normalized spacial score (nSPS) is 11.8. The number of hydrogen-bond donors (Lipinski definition) is 2. The van der Waals surface area contributed by atoms with Crippen LogP contribution in [0.2, 0.25) is 0 Å². The van der Waals surface area contributed by atoms with Gasteiger partial charge < -0.3 is 9.72 Å². The van der Waals surface area contributed by atoms with Gasteiger partial charge in [0, 0.05) is 13.0 Å². The van der Waals surface area contributed by atoms with E-state index in [0.29, 0.717) is 6.42 Å². The van der Waals surface area contributed by atoms with Crippen molar-refractivity contribution < 1.29 is 13.2 Å². The number of benzene rings is 3. The molecule has 6 nitrogen and oxygen atoms in total. The Morgan fingerprint density at radius 3 is 2.32 bits per heavy atom. The van der Waals surface area contributed by atoms with Crippen LogP contribution in [0.15, 0.2) is 72.8 Å². The summed E-state index contributed by atoms with van der Waals surface area (Å²) in [6, 6.07) is 23.4. The van der Waals surface area contributed by atoms with Gasteiger partial charge in [-0.25, -0.2) is 18.1 Å². The summed E-state index contributed by atoms with van der Waals surface area (Å²) < 4.78 is 32.4. The van der Waals surface area contributed by atoms with Crippen molar-refractivity contribution in [2.75, 3.05) is 0 Å². The van der Waals surface area contributed by atoms with Crippen molar-refractivity contribution in [1.82, 2.24) is 14.7 Å². The lowest BCUT2D eigenvalue weighted by Gasteiger charge is -2.09. The van der Waals surface area contributed by atoms with Crippen LogP contribution in [0.3, 0.4) is 0 Å². The number of imidazole rings is 1. The third-order valence-electron chi connectivity index (χ3n) is 4.97. The highest BCUT2D eigenvalue weighted by atomic mass is 32.2. The topological polar surface area (TPSA) is 84.1 Å². The van der Waals surface area contributed by atoms with Crippen LogP contribution in [0, 0.1) is 0 Å². The third kappa shape index (κ3) is 5.31. The lowest BCUT2D eigenvalue weighted by molar-refractivity contribution is 0.482. The first-order chi connectivity index (χ1) is 14.9. The second-order valence-corrected chi connectivity index (χ2v) is 10.0. The van der Waals surface area contributed by atoms with Crippen LogP contribution in [0.5, 0.6) is 11.5 Å². The molecule has 7 heteroatoms. The summed E-state index contributed by atoms with van der Waals surface area (Å²) in [5.41, 5.74) is 3.74. The van der Waals surface area contributed by atoms with Crippen LogP contribution in [0.1, 0.15) is 30.8 Å². The van der Waals surface area contributed by atoms with Crippen molar-refractivity contribution in [3.05, 3.63) is 89.7 Å². The molecular formula is C24H25N3O3S. The van der Waals surface area contributed by atoms with Crippen molar-refractivity contribution in [3.63, 3.8) is 0 Å². The summed E-state index contributed by atoms with van der Waals surface area (Å²) >= 11 is 0. The molecule has 0 saturated heterocycles. The second-order valence-electron chi connectivity index (χ2n) is 7.69. The summed E-state index contributed by atoms with van der Waals surface area (Å²) in [6.07, 6.45) is 0.662.